The van der Waals surface area contributed by atoms with Crippen molar-refractivity contribution in [2.24, 2.45) is 0 Å². The first-order valence-electron chi connectivity index (χ1n) is 14.7. The molecule has 2 aromatic carbocycles. The van der Waals surface area contributed by atoms with E-state index in [0.29, 0.717) is 11.1 Å². The average Bonchev–Trinajstić information content (AvgIpc) is 2.89. The standard InChI is InChI=1S/C33H52NO3/c1-5-7-8-9-10-11-12-13-17-23-30-24-18-19-25-32(30)36-26-27-37-33(35)31(20-6-2)34(3,4)28-29-21-15-14-16-22-29/h14-16,18-19,21-22,24-25,31H,5-13,17,20,23,26-28H2,1-4H3/q+1. The van der Waals surface area contributed by atoms with Crippen molar-refractivity contribution in [1.29, 1.82) is 0 Å². The first-order valence-corrected chi connectivity index (χ1v) is 14.7. The first kappa shape index (κ1) is 30.9. The van der Waals surface area contributed by atoms with Crippen LogP contribution in [0.3, 0.4) is 0 Å². The molecule has 0 aliphatic rings. The van der Waals surface area contributed by atoms with Crippen molar-refractivity contribution in [3.8, 4) is 5.75 Å². The number of rotatable bonds is 20. The Hall–Kier alpha value is -2.33. The third kappa shape index (κ3) is 12.2. The fraction of sp³-hybridized carbons (Fsp3) is 0.606. The largest absolute Gasteiger partial charge is 0.490 e. The Morgan fingerprint density at radius 3 is 2.05 bits per heavy atom. The number of likely N-dealkylation sites (N-methyl/N-ethyl adjacent to an activating group) is 1. The van der Waals surface area contributed by atoms with Gasteiger partial charge in [0.05, 0.1) is 14.1 Å². The summed E-state index contributed by atoms with van der Waals surface area (Å²) in [5.74, 6) is 0.790. The normalized spacial score (nSPS) is 12.3. The summed E-state index contributed by atoms with van der Waals surface area (Å²) in [4.78, 5) is 13.1. The molecule has 4 nitrogen and oxygen atoms in total. The second-order valence-corrected chi connectivity index (χ2v) is 10.9. The number of ether oxygens (including phenoxy) is 2. The number of hydrogen-bond acceptors (Lipinski definition) is 3. The molecule has 2 rings (SSSR count). The van der Waals surface area contributed by atoms with E-state index in [1.54, 1.807) is 0 Å². The van der Waals surface area contributed by atoms with Crippen LogP contribution in [0, 0.1) is 0 Å². The summed E-state index contributed by atoms with van der Waals surface area (Å²) in [6, 6.07) is 18.5. The second kappa shape index (κ2) is 18.0. The van der Waals surface area contributed by atoms with Gasteiger partial charge in [0.25, 0.3) is 0 Å². The Morgan fingerprint density at radius 1 is 0.757 bits per heavy atom. The summed E-state index contributed by atoms with van der Waals surface area (Å²) in [6.07, 6.45) is 14.8. The highest BCUT2D eigenvalue weighted by molar-refractivity contribution is 5.74. The highest BCUT2D eigenvalue weighted by atomic mass is 16.6. The molecule has 0 amide bonds. The summed E-state index contributed by atoms with van der Waals surface area (Å²) < 4.78 is 12.4. The number of esters is 1. The topological polar surface area (TPSA) is 35.5 Å². The van der Waals surface area contributed by atoms with Gasteiger partial charge in [-0.05, 0) is 30.9 Å². The number of nitrogens with zero attached hydrogens (tertiary/aromatic N) is 1. The number of benzene rings is 2. The van der Waals surface area contributed by atoms with Gasteiger partial charge < -0.3 is 14.0 Å². The maximum absolute atomic E-state index is 13.1. The lowest BCUT2D eigenvalue weighted by Crippen LogP contribution is -2.53. The van der Waals surface area contributed by atoms with Gasteiger partial charge in [-0.2, -0.15) is 0 Å². The molecule has 0 bridgehead atoms. The lowest BCUT2D eigenvalue weighted by atomic mass is 10.0. The molecule has 1 atom stereocenters. The van der Waals surface area contributed by atoms with Crippen molar-refractivity contribution in [1.82, 2.24) is 0 Å². The van der Waals surface area contributed by atoms with Crippen molar-refractivity contribution in [3.05, 3.63) is 65.7 Å². The molecule has 0 aliphatic carbocycles. The minimum Gasteiger partial charge on any atom is -0.490 e. The average molecular weight is 511 g/mol. The van der Waals surface area contributed by atoms with Crippen LogP contribution < -0.4 is 4.74 Å². The van der Waals surface area contributed by atoms with Crippen LogP contribution in [-0.2, 0) is 22.5 Å². The Balaban J connectivity index is 1.74. The quantitative estimate of drug-likeness (QED) is 0.102. The van der Waals surface area contributed by atoms with Gasteiger partial charge in [-0.25, -0.2) is 4.79 Å². The molecule has 4 heteroatoms. The molecule has 0 aliphatic heterocycles. The minimum absolute atomic E-state index is 0.130. The van der Waals surface area contributed by atoms with Crippen LogP contribution in [0.5, 0.6) is 5.75 Å². The van der Waals surface area contributed by atoms with Crippen LogP contribution in [-0.4, -0.2) is 43.8 Å². The summed E-state index contributed by atoms with van der Waals surface area (Å²) in [6.45, 7) is 5.84. The molecule has 0 heterocycles. The van der Waals surface area contributed by atoms with E-state index < -0.39 is 0 Å². The Labute approximate surface area is 227 Å². The van der Waals surface area contributed by atoms with E-state index in [2.05, 4.69) is 52.2 Å². The van der Waals surface area contributed by atoms with Crippen LogP contribution in [0.2, 0.25) is 0 Å². The van der Waals surface area contributed by atoms with Gasteiger partial charge in [0.2, 0.25) is 0 Å². The molecule has 37 heavy (non-hydrogen) atoms. The van der Waals surface area contributed by atoms with E-state index in [-0.39, 0.29) is 18.6 Å². The Bertz CT molecular complexity index is 865. The van der Waals surface area contributed by atoms with Gasteiger partial charge in [0.1, 0.15) is 25.5 Å². The van der Waals surface area contributed by atoms with E-state index in [4.69, 9.17) is 9.47 Å². The molecule has 2 aromatic rings. The molecule has 0 aromatic heterocycles. The van der Waals surface area contributed by atoms with Crippen LogP contribution in [0.25, 0.3) is 0 Å². The fourth-order valence-corrected chi connectivity index (χ4v) is 5.06. The van der Waals surface area contributed by atoms with E-state index >= 15 is 0 Å². The number of aryl methyl sites for hydroxylation is 1. The number of carbonyl (C=O) groups is 1. The van der Waals surface area contributed by atoms with Crippen LogP contribution in [0.1, 0.15) is 95.6 Å². The summed E-state index contributed by atoms with van der Waals surface area (Å²) in [5.41, 5.74) is 2.48. The number of hydrogen-bond donors (Lipinski definition) is 0. The molecule has 0 spiro atoms. The number of carbonyl (C=O) groups excluding carboxylic acids is 1. The van der Waals surface area contributed by atoms with Gasteiger partial charge in [-0.1, -0.05) is 114 Å². The molecule has 206 valence electrons. The third-order valence-corrected chi connectivity index (χ3v) is 7.22. The molecular formula is C33H52NO3+. The van der Waals surface area contributed by atoms with E-state index in [0.717, 1.165) is 31.6 Å². The molecule has 0 N–H and O–H groups in total. The van der Waals surface area contributed by atoms with E-state index in [1.165, 1.54) is 68.9 Å². The first-order chi connectivity index (χ1) is 18.0. The number of para-hydroxylation sites is 1. The number of unbranched alkanes of at least 4 members (excludes halogenated alkanes) is 8. The Morgan fingerprint density at radius 2 is 1.38 bits per heavy atom. The molecule has 0 fully saturated rings. The SMILES string of the molecule is CCCCCCCCCCCc1ccccc1OCCOC(=O)C(CCC)[N+](C)(C)Cc1ccccc1. The van der Waals surface area contributed by atoms with E-state index in [1.807, 2.05) is 30.3 Å². The minimum atomic E-state index is -0.191. The monoisotopic (exact) mass is 510 g/mol. The van der Waals surface area contributed by atoms with Crippen LogP contribution in [0.15, 0.2) is 54.6 Å². The van der Waals surface area contributed by atoms with Gasteiger partial charge in [0, 0.05) is 12.0 Å². The molecule has 1 unspecified atom stereocenters. The zero-order chi connectivity index (χ0) is 26.8. The van der Waals surface area contributed by atoms with Gasteiger partial charge >= 0.3 is 5.97 Å². The molecular weight excluding hydrogens is 458 g/mol. The van der Waals surface area contributed by atoms with E-state index in [9.17, 15) is 4.79 Å². The van der Waals surface area contributed by atoms with Crippen molar-refractivity contribution < 1.29 is 18.8 Å². The van der Waals surface area contributed by atoms with Gasteiger partial charge in [-0.15, -0.1) is 0 Å². The van der Waals surface area contributed by atoms with Crippen LogP contribution in [0.4, 0.5) is 0 Å². The zero-order valence-electron chi connectivity index (χ0n) is 24.1. The van der Waals surface area contributed by atoms with Crippen molar-refractivity contribution in [2.75, 3.05) is 27.3 Å². The maximum atomic E-state index is 13.1. The highest BCUT2D eigenvalue weighted by Gasteiger charge is 2.35. The van der Waals surface area contributed by atoms with Gasteiger partial charge in [-0.3, -0.25) is 0 Å². The summed E-state index contributed by atoms with van der Waals surface area (Å²) in [7, 11) is 4.24. The molecule has 0 saturated heterocycles. The predicted molar refractivity (Wildman–Crippen MR) is 155 cm³/mol. The smallest absolute Gasteiger partial charge is 0.365 e. The van der Waals surface area contributed by atoms with Crippen molar-refractivity contribution >= 4 is 5.97 Å². The predicted octanol–water partition coefficient (Wildman–Crippen LogP) is 8.13. The van der Waals surface area contributed by atoms with Crippen LogP contribution >= 0.6 is 0 Å². The summed E-state index contributed by atoms with van der Waals surface area (Å²) in [5, 5.41) is 0. The third-order valence-electron chi connectivity index (χ3n) is 7.22. The molecule has 0 radical (unpaired) electrons. The molecule has 0 saturated carbocycles. The van der Waals surface area contributed by atoms with Gasteiger partial charge in [0.15, 0.2) is 6.04 Å². The second-order valence-electron chi connectivity index (χ2n) is 10.9. The lowest BCUT2D eigenvalue weighted by molar-refractivity contribution is -0.920. The fourth-order valence-electron chi connectivity index (χ4n) is 5.06. The van der Waals surface area contributed by atoms with Crippen molar-refractivity contribution in [3.63, 3.8) is 0 Å². The lowest BCUT2D eigenvalue weighted by Gasteiger charge is -2.36. The maximum Gasteiger partial charge on any atom is 0.365 e. The van der Waals surface area contributed by atoms with Crippen molar-refractivity contribution in [2.45, 2.75) is 103 Å². The highest BCUT2D eigenvalue weighted by Crippen LogP contribution is 2.22. The zero-order valence-corrected chi connectivity index (χ0v) is 24.1. The summed E-state index contributed by atoms with van der Waals surface area (Å²) >= 11 is 0. The Kier molecular flexibility index (Phi) is 15.0. The number of quaternary nitrogens is 1.